The number of anilines is 1. The molecule has 0 fully saturated rings. The number of likely N-dealkylation sites (N-methyl/N-ethyl adjacent to an activating group) is 1. The van der Waals surface area contributed by atoms with Crippen LogP contribution in [0.25, 0.3) is 0 Å². The molecule has 168 valence electrons. The Kier molecular flexibility index (Phi) is 6.99. The number of hydrogen-bond acceptors (Lipinski definition) is 6. The smallest absolute Gasteiger partial charge is 0.358 e. The number of Topliss-reactive ketones (excluding diaryl/α,β-unsaturated/α-hetero) is 1. The van der Waals surface area contributed by atoms with Gasteiger partial charge in [-0.25, -0.2) is 0 Å². The van der Waals surface area contributed by atoms with Crippen molar-refractivity contribution in [1.29, 1.82) is 5.26 Å². The van der Waals surface area contributed by atoms with Crippen LogP contribution in [0.5, 0.6) is 0 Å². The summed E-state index contributed by atoms with van der Waals surface area (Å²) < 4.78 is 39.3. The minimum absolute atomic E-state index is 0.179. The lowest BCUT2D eigenvalue weighted by molar-refractivity contribution is -0.137. The Morgan fingerprint density at radius 3 is 2.59 bits per heavy atom. The average Bonchev–Trinajstić information content (AvgIpc) is 3.08. The fraction of sp³-hybridized carbons (Fsp3) is 0.304. The van der Waals surface area contributed by atoms with Crippen LogP contribution in [0.1, 0.15) is 41.1 Å². The lowest BCUT2D eigenvalue weighted by atomic mass is 9.91. The van der Waals surface area contributed by atoms with Crippen LogP contribution >= 0.6 is 0 Å². The van der Waals surface area contributed by atoms with Gasteiger partial charge in [-0.15, -0.1) is 0 Å². The van der Waals surface area contributed by atoms with Gasteiger partial charge in [0.05, 0.1) is 23.2 Å². The van der Waals surface area contributed by atoms with E-state index in [2.05, 4.69) is 16.7 Å². The second kappa shape index (κ2) is 9.53. The van der Waals surface area contributed by atoms with E-state index < -0.39 is 17.8 Å². The number of nitrogens with zero attached hydrogens (tertiary/aromatic N) is 2. The highest BCUT2D eigenvalue weighted by atomic mass is 19.4. The molecule has 0 spiro atoms. The van der Waals surface area contributed by atoms with E-state index in [0.29, 0.717) is 29.8 Å². The van der Waals surface area contributed by atoms with E-state index >= 15 is 0 Å². The number of benzene rings is 2. The summed E-state index contributed by atoms with van der Waals surface area (Å²) in [7, 11) is 3.15. The second-order valence-corrected chi connectivity index (χ2v) is 7.55. The number of ketones is 1. The number of allylic oxidation sites excluding steroid dienone is 1. The molecule has 2 aromatic carbocycles. The summed E-state index contributed by atoms with van der Waals surface area (Å²) in [5.74, 6) is -0.204. The molecule has 0 bridgehead atoms. The molecule has 0 aromatic heterocycles. The zero-order chi connectivity index (χ0) is 23.5. The third-order valence-electron chi connectivity index (χ3n) is 5.29. The van der Waals surface area contributed by atoms with Crippen molar-refractivity contribution in [2.75, 3.05) is 19.4 Å². The fourth-order valence-corrected chi connectivity index (χ4v) is 3.90. The Hall–Kier alpha value is -3.19. The average molecular weight is 444 g/mol. The Balaban J connectivity index is 2.08. The first-order valence-corrected chi connectivity index (χ1v) is 9.95. The van der Waals surface area contributed by atoms with Gasteiger partial charge in [0.1, 0.15) is 0 Å². The molecule has 0 heterocycles. The van der Waals surface area contributed by atoms with Crippen LogP contribution < -0.4 is 10.6 Å². The summed E-state index contributed by atoms with van der Waals surface area (Å²) in [6.07, 6.45) is -4.00. The predicted octanol–water partition coefficient (Wildman–Crippen LogP) is 4.39. The standard InChI is InChI=1S/C23H23F3N4O2/c1-28-13-15-10-14(12-27)6-7-18(15)22(30(2)32)21-19(8-9-20(21)31)29-17-5-3-4-16(11-17)23(24,25)26/h3-7,10-11,22,28-29,32H,8-9,13H2,1-2H3. The number of carbonyl (C=O) groups is 1. The number of nitriles is 1. The maximum atomic E-state index is 13.1. The van der Waals surface area contributed by atoms with Gasteiger partial charge in [0.25, 0.3) is 0 Å². The lowest BCUT2D eigenvalue weighted by Gasteiger charge is -2.27. The number of nitrogens with one attached hydrogen (secondary N) is 2. The first-order chi connectivity index (χ1) is 15.2. The molecule has 2 aromatic rings. The van der Waals surface area contributed by atoms with Crippen molar-refractivity contribution in [3.05, 3.63) is 76.0 Å². The Labute approximate surface area is 183 Å². The molecule has 0 aliphatic heterocycles. The van der Waals surface area contributed by atoms with Crippen LogP contribution in [0.2, 0.25) is 0 Å². The van der Waals surface area contributed by atoms with E-state index in [1.165, 1.54) is 19.2 Å². The molecule has 1 aliphatic rings. The van der Waals surface area contributed by atoms with Crippen LogP contribution in [-0.2, 0) is 17.5 Å². The fourth-order valence-electron chi connectivity index (χ4n) is 3.90. The zero-order valence-corrected chi connectivity index (χ0v) is 17.6. The van der Waals surface area contributed by atoms with Crippen LogP contribution in [0.3, 0.4) is 0 Å². The van der Waals surface area contributed by atoms with Crippen molar-refractivity contribution >= 4 is 11.5 Å². The van der Waals surface area contributed by atoms with E-state index in [4.69, 9.17) is 0 Å². The number of hydrogen-bond donors (Lipinski definition) is 3. The monoisotopic (exact) mass is 444 g/mol. The number of halogens is 3. The summed E-state index contributed by atoms with van der Waals surface area (Å²) in [5, 5.41) is 26.6. The van der Waals surface area contributed by atoms with Gasteiger partial charge in [-0.3, -0.25) is 4.79 Å². The highest BCUT2D eigenvalue weighted by molar-refractivity contribution is 6.00. The molecular formula is C23H23F3N4O2. The van der Waals surface area contributed by atoms with Crippen LogP contribution in [0.4, 0.5) is 18.9 Å². The lowest BCUT2D eigenvalue weighted by Crippen LogP contribution is -2.28. The first-order valence-electron chi connectivity index (χ1n) is 9.95. The summed E-state index contributed by atoms with van der Waals surface area (Å²) >= 11 is 0. The highest BCUT2D eigenvalue weighted by Crippen LogP contribution is 2.39. The largest absolute Gasteiger partial charge is 0.416 e. The summed E-state index contributed by atoms with van der Waals surface area (Å²) in [6, 6.07) is 10.9. The maximum absolute atomic E-state index is 13.1. The highest BCUT2D eigenvalue weighted by Gasteiger charge is 2.35. The van der Waals surface area contributed by atoms with E-state index in [9.17, 15) is 28.4 Å². The molecule has 3 N–H and O–H groups in total. The van der Waals surface area contributed by atoms with Crippen molar-refractivity contribution < 1.29 is 23.2 Å². The van der Waals surface area contributed by atoms with Crippen molar-refractivity contribution in [3.63, 3.8) is 0 Å². The molecule has 1 atom stereocenters. The van der Waals surface area contributed by atoms with E-state index in [1.807, 2.05) is 0 Å². The second-order valence-electron chi connectivity index (χ2n) is 7.55. The van der Waals surface area contributed by atoms with E-state index in [1.54, 1.807) is 25.2 Å². The van der Waals surface area contributed by atoms with Crippen molar-refractivity contribution in [2.45, 2.75) is 31.6 Å². The van der Waals surface area contributed by atoms with Gasteiger partial charge in [-0.05, 0) is 54.9 Å². The van der Waals surface area contributed by atoms with Gasteiger partial charge in [-0.1, -0.05) is 12.1 Å². The van der Waals surface area contributed by atoms with E-state index in [0.717, 1.165) is 22.8 Å². The molecule has 0 amide bonds. The molecule has 0 saturated carbocycles. The quantitative estimate of drug-likeness (QED) is 0.549. The summed E-state index contributed by atoms with van der Waals surface area (Å²) in [5.41, 5.74) is 1.94. The molecule has 6 nitrogen and oxygen atoms in total. The normalized spacial score (nSPS) is 15.2. The summed E-state index contributed by atoms with van der Waals surface area (Å²) in [4.78, 5) is 12.8. The Morgan fingerprint density at radius 2 is 1.97 bits per heavy atom. The van der Waals surface area contributed by atoms with Gasteiger partial charge >= 0.3 is 6.18 Å². The topological polar surface area (TPSA) is 88.4 Å². The molecule has 0 radical (unpaired) electrons. The number of carbonyl (C=O) groups excluding carboxylic acids is 1. The SMILES string of the molecule is CNCc1cc(C#N)ccc1C(C1=C(Nc2cccc(C(F)(F)F)c2)CCC1=O)N(C)O. The van der Waals surface area contributed by atoms with Crippen molar-refractivity contribution in [2.24, 2.45) is 0 Å². The van der Waals surface area contributed by atoms with Gasteiger partial charge in [0.2, 0.25) is 0 Å². The maximum Gasteiger partial charge on any atom is 0.416 e. The number of alkyl halides is 3. The molecule has 1 unspecified atom stereocenters. The first kappa shape index (κ1) is 23.5. The Morgan fingerprint density at radius 1 is 1.22 bits per heavy atom. The molecule has 1 aliphatic carbocycles. The van der Waals surface area contributed by atoms with Gasteiger partial charge in [-0.2, -0.15) is 23.5 Å². The summed E-state index contributed by atoms with van der Waals surface area (Å²) in [6.45, 7) is 0.396. The van der Waals surface area contributed by atoms with Crippen LogP contribution in [0, 0.1) is 11.3 Å². The van der Waals surface area contributed by atoms with Crippen molar-refractivity contribution in [3.8, 4) is 6.07 Å². The van der Waals surface area contributed by atoms with Gasteiger partial charge < -0.3 is 15.8 Å². The molecule has 32 heavy (non-hydrogen) atoms. The molecule has 3 rings (SSSR count). The van der Waals surface area contributed by atoms with Crippen LogP contribution in [0.15, 0.2) is 53.7 Å². The molecule has 0 saturated heterocycles. The minimum Gasteiger partial charge on any atom is -0.358 e. The third-order valence-corrected chi connectivity index (χ3v) is 5.29. The third kappa shape index (κ3) is 4.99. The number of rotatable bonds is 7. The minimum atomic E-state index is -4.49. The van der Waals surface area contributed by atoms with Crippen molar-refractivity contribution in [1.82, 2.24) is 10.4 Å². The van der Waals surface area contributed by atoms with Gasteiger partial charge in [0.15, 0.2) is 5.78 Å². The molecular weight excluding hydrogens is 421 g/mol. The zero-order valence-electron chi connectivity index (χ0n) is 17.6. The number of hydroxylamine groups is 2. The molecule has 9 heteroatoms. The van der Waals surface area contributed by atoms with Gasteiger partial charge in [0, 0.05) is 37.0 Å². The van der Waals surface area contributed by atoms with E-state index in [-0.39, 0.29) is 23.5 Å². The Bertz CT molecular complexity index is 1090. The predicted molar refractivity (Wildman–Crippen MR) is 113 cm³/mol. The van der Waals surface area contributed by atoms with Crippen LogP contribution in [-0.4, -0.2) is 30.1 Å².